The van der Waals surface area contributed by atoms with Crippen LogP contribution in [0.3, 0.4) is 0 Å². The summed E-state index contributed by atoms with van der Waals surface area (Å²) in [5.74, 6) is -0.621. The molecule has 1 aromatic carbocycles. The number of hydrogen-bond donors (Lipinski definition) is 1. The largest absolute Gasteiger partial charge is 0.351 e. The summed E-state index contributed by atoms with van der Waals surface area (Å²) in [6.07, 6.45) is 2.45. The summed E-state index contributed by atoms with van der Waals surface area (Å²) in [5.41, 5.74) is 0.0105. The number of nitrogens with zero attached hydrogens (tertiary/aromatic N) is 1. The maximum absolute atomic E-state index is 13.4. The molecule has 0 spiro atoms. The number of nitrogens with one attached hydrogen (secondary N) is 1. The average Bonchev–Trinajstić information content (AvgIpc) is 2.38. The van der Waals surface area contributed by atoms with Crippen molar-refractivity contribution in [3.05, 3.63) is 30.1 Å². The van der Waals surface area contributed by atoms with E-state index >= 15 is 0 Å². The number of amides is 1. The van der Waals surface area contributed by atoms with E-state index in [0.29, 0.717) is 6.42 Å². The summed E-state index contributed by atoms with van der Waals surface area (Å²) in [6, 6.07) is 5.43. The van der Waals surface area contributed by atoms with E-state index in [-0.39, 0.29) is 35.5 Å². The van der Waals surface area contributed by atoms with Crippen molar-refractivity contribution in [1.82, 2.24) is 5.32 Å². The summed E-state index contributed by atoms with van der Waals surface area (Å²) in [4.78, 5) is 12.2. The molecule has 0 aromatic heterocycles. The highest BCUT2D eigenvalue weighted by Gasteiger charge is 2.27. The van der Waals surface area contributed by atoms with E-state index in [4.69, 9.17) is 0 Å². The fourth-order valence-corrected chi connectivity index (χ4v) is 4.27. The molecule has 0 aliphatic carbocycles. The Hall–Kier alpha value is -1.63. The van der Waals surface area contributed by atoms with Crippen LogP contribution in [-0.4, -0.2) is 32.7 Å². The fraction of sp³-hybridized carbons (Fsp3) is 0.632. The van der Waals surface area contributed by atoms with Crippen LogP contribution in [0.1, 0.15) is 53.9 Å². The van der Waals surface area contributed by atoms with Gasteiger partial charge in [0, 0.05) is 18.5 Å². The van der Waals surface area contributed by atoms with Crippen molar-refractivity contribution in [2.75, 3.05) is 17.1 Å². The monoisotopic (exact) mass is 386 g/mol. The van der Waals surface area contributed by atoms with Gasteiger partial charge in [-0.3, -0.25) is 9.10 Å². The highest BCUT2D eigenvalue weighted by molar-refractivity contribution is 7.92. The third-order valence-corrected chi connectivity index (χ3v) is 4.91. The Morgan fingerprint density at radius 2 is 1.81 bits per heavy atom. The molecule has 0 saturated carbocycles. The molecule has 0 aliphatic rings. The van der Waals surface area contributed by atoms with Gasteiger partial charge in [-0.1, -0.05) is 26.8 Å². The Kier molecular flexibility index (Phi) is 7.22. The number of carbonyl (C=O) groups is 1. The molecule has 0 unspecified atom stereocenters. The smallest absolute Gasteiger partial charge is 0.232 e. The van der Waals surface area contributed by atoms with E-state index in [9.17, 15) is 17.6 Å². The Morgan fingerprint density at radius 3 is 2.31 bits per heavy atom. The van der Waals surface area contributed by atoms with E-state index in [2.05, 4.69) is 26.1 Å². The Labute approximate surface area is 157 Å². The number of benzene rings is 1. The first kappa shape index (κ1) is 22.4. The van der Waals surface area contributed by atoms with Gasteiger partial charge in [-0.25, -0.2) is 12.8 Å². The number of halogens is 1. The number of anilines is 1. The first-order valence-corrected chi connectivity index (χ1v) is 10.6. The summed E-state index contributed by atoms with van der Waals surface area (Å²) in [6.45, 7) is 10.4. The maximum Gasteiger partial charge on any atom is 0.232 e. The van der Waals surface area contributed by atoms with Gasteiger partial charge in [0.25, 0.3) is 0 Å². The molecule has 0 heterocycles. The van der Waals surface area contributed by atoms with Gasteiger partial charge in [0.1, 0.15) is 5.82 Å². The van der Waals surface area contributed by atoms with Crippen LogP contribution in [0, 0.1) is 11.2 Å². The molecule has 0 atom stereocenters. The van der Waals surface area contributed by atoms with Crippen LogP contribution in [-0.2, 0) is 14.8 Å². The van der Waals surface area contributed by atoms with Crippen LogP contribution in [0.25, 0.3) is 0 Å². The third-order valence-electron chi connectivity index (χ3n) is 3.71. The first-order valence-electron chi connectivity index (χ1n) is 8.74. The van der Waals surface area contributed by atoms with Crippen molar-refractivity contribution in [1.29, 1.82) is 0 Å². The molecule has 0 radical (unpaired) electrons. The quantitative estimate of drug-likeness (QED) is 0.741. The molecule has 1 rings (SSSR count). The molecular weight excluding hydrogens is 355 g/mol. The van der Waals surface area contributed by atoms with Crippen molar-refractivity contribution in [3.8, 4) is 0 Å². The molecule has 1 amide bonds. The van der Waals surface area contributed by atoms with Crippen molar-refractivity contribution < 1.29 is 17.6 Å². The van der Waals surface area contributed by atoms with Crippen LogP contribution >= 0.6 is 0 Å². The summed E-state index contributed by atoms with van der Waals surface area (Å²) < 4.78 is 38.5. The normalized spacial score (nSPS) is 12.7. The second-order valence-electron chi connectivity index (χ2n) is 8.59. The third kappa shape index (κ3) is 8.17. The predicted octanol–water partition coefficient (Wildman–Crippen LogP) is 3.70. The Bertz CT molecular complexity index is 725. The van der Waals surface area contributed by atoms with Crippen molar-refractivity contribution in [3.63, 3.8) is 0 Å². The van der Waals surface area contributed by atoms with Gasteiger partial charge in [0.15, 0.2) is 0 Å². The molecule has 148 valence electrons. The van der Waals surface area contributed by atoms with Crippen LogP contribution in [0.5, 0.6) is 0 Å². The lowest BCUT2D eigenvalue weighted by Gasteiger charge is -2.33. The lowest BCUT2D eigenvalue weighted by Crippen LogP contribution is -2.46. The molecule has 1 N–H and O–H groups in total. The lowest BCUT2D eigenvalue weighted by molar-refractivity contribution is -0.123. The zero-order chi connectivity index (χ0) is 20.2. The number of carbonyl (C=O) groups excluding carboxylic acids is 1. The highest BCUT2D eigenvalue weighted by atomic mass is 32.2. The molecule has 0 bridgehead atoms. The predicted molar refractivity (Wildman–Crippen MR) is 104 cm³/mol. The van der Waals surface area contributed by atoms with Crippen molar-refractivity contribution in [2.45, 2.75) is 59.4 Å². The number of sulfonamides is 1. The van der Waals surface area contributed by atoms with E-state index in [1.165, 1.54) is 24.3 Å². The van der Waals surface area contributed by atoms with E-state index < -0.39 is 15.8 Å². The Balaban J connectivity index is 2.67. The molecular formula is C19H31FN2O3S. The van der Waals surface area contributed by atoms with Crippen LogP contribution in [0.4, 0.5) is 10.1 Å². The van der Waals surface area contributed by atoms with Gasteiger partial charge < -0.3 is 5.32 Å². The second-order valence-corrected chi connectivity index (χ2v) is 10.5. The zero-order valence-electron chi connectivity index (χ0n) is 16.6. The van der Waals surface area contributed by atoms with Gasteiger partial charge in [-0.2, -0.15) is 0 Å². The molecule has 26 heavy (non-hydrogen) atoms. The molecule has 0 fully saturated rings. The molecule has 1 aromatic rings. The fourth-order valence-electron chi connectivity index (χ4n) is 3.31. The summed E-state index contributed by atoms with van der Waals surface area (Å²) in [5, 5.41) is 3.01. The van der Waals surface area contributed by atoms with Gasteiger partial charge in [0.2, 0.25) is 15.9 Å². The zero-order valence-corrected chi connectivity index (χ0v) is 17.4. The van der Waals surface area contributed by atoms with Gasteiger partial charge >= 0.3 is 0 Å². The minimum Gasteiger partial charge on any atom is -0.351 e. The lowest BCUT2D eigenvalue weighted by atomic mass is 9.82. The van der Waals surface area contributed by atoms with E-state index in [0.717, 1.165) is 17.0 Å². The Morgan fingerprint density at radius 1 is 1.19 bits per heavy atom. The molecule has 0 saturated heterocycles. The van der Waals surface area contributed by atoms with E-state index in [1.54, 1.807) is 0 Å². The maximum atomic E-state index is 13.4. The van der Waals surface area contributed by atoms with Gasteiger partial charge in [-0.05, 0) is 50.3 Å². The minimum atomic E-state index is -3.56. The number of hydrogen-bond acceptors (Lipinski definition) is 3. The standard InChI is InChI=1S/C19H31FN2O3S/c1-18(2,3)14-19(4,5)21-17(23)11-8-12-22(26(6,24)25)16-10-7-9-15(20)13-16/h7,9-10,13H,8,11-12,14H2,1-6H3,(H,21,23). The van der Waals surface area contributed by atoms with Crippen LogP contribution in [0.2, 0.25) is 0 Å². The second kappa shape index (κ2) is 8.37. The van der Waals surface area contributed by atoms with E-state index in [1.807, 2.05) is 13.8 Å². The number of rotatable bonds is 8. The topological polar surface area (TPSA) is 66.5 Å². The van der Waals surface area contributed by atoms with Gasteiger partial charge in [0.05, 0.1) is 11.9 Å². The van der Waals surface area contributed by atoms with Gasteiger partial charge in [-0.15, -0.1) is 0 Å². The highest BCUT2D eigenvalue weighted by Crippen LogP contribution is 2.27. The molecule has 5 nitrogen and oxygen atoms in total. The summed E-state index contributed by atoms with van der Waals surface area (Å²) in [7, 11) is -3.56. The van der Waals surface area contributed by atoms with Crippen LogP contribution < -0.4 is 9.62 Å². The first-order chi connectivity index (χ1) is 11.7. The molecule has 7 heteroatoms. The van der Waals surface area contributed by atoms with Crippen LogP contribution in [0.15, 0.2) is 24.3 Å². The van der Waals surface area contributed by atoms with Crippen molar-refractivity contribution >= 4 is 21.6 Å². The van der Waals surface area contributed by atoms with Crippen molar-refractivity contribution in [2.24, 2.45) is 5.41 Å². The minimum absolute atomic E-state index is 0.0846. The summed E-state index contributed by atoms with van der Waals surface area (Å²) >= 11 is 0. The average molecular weight is 387 g/mol. The molecule has 0 aliphatic heterocycles. The SMILES string of the molecule is CC(C)(C)CC(C)(C)NC(=O)CCCN(c1cccc(F)c1)S(C)(=O)=O.